The van der Waals surface area contributed by atoms with E-state index in [2.05, 4.69) is 30.3 Å². The van der Waals surface area contributed by atoms with Gasteiger partial charge in [-0.25, -0.2) is 0 Å². The highest BCUT2D eigenvalue weighted by Crippen LogP contribution is 2.17. The third-order valence-electron chi connectivity index (χ3n) is 3.00. The van der Waals surface area contributed by atoms with E-state index in [9.17, 15) is 0 Å². The van der Waals surface area contributed by atoms with Crippen LogP contribution < -0.4 is 5.32 Å². The Balaban J connectivity index is 2.61. The molecule has 17 heavy (non-hydrogen) atoms. The third-order valence-corrected chi connectivity index (χ3v) is 3.00. The normalized spacial score (nSPS) is 13.3. The Labute approximate surface area is 104 Å². The first-order chi connectivity index (χ1) is 8.08. The van der Waals surface area contributed by atoms with Crippen LogP contribution in [0.25, 0.3) is 0 Å². The maximum absolute atomic E-state index is 5.68. The van der Waals surface area contributed by atoms with Gasteiger partial charge in [0.1, 0.15) is 11.5 Å². The fourth-order valence-electron chi connectivity index (χ4n) is 1.80. The molecule has 1 heterocycles. The molecule has 0 fully saturated rings. The van der Waals surface area contributed by atoms with Crippen molar-refractivity contribution in [2.24, 2.45) is 0 Å². The summed E-state index contributed by atoms with van der Waals surface area (Å²) in [6, 6.07) is 2.53. The number of rotatable bonds is 7. The SMILES string of the molecule is CNCc1cc(CN(C)C(C)COC)c(C)o1. The molecule has 4 nitrogen and oxygen atoms in total. The quantitative estimate of drug-likeness (QED) is 0.788. The monoisotopic (exact) mass is 240 g/mol. The summed E-state index contributed by atoms with van der Waals surface area (Å²) >= 11 is 0. The smallest absolute Gasteiger partial charge is 0.118 e. The molecule has 0 amide bonds. The lowest BCUT2D eigenvalue weighted by molar-refractivity contribution is 0.111. The molecule has 1 aromatic rings. The Hall–Kier alpha value is -0.840. The number of hydrogen-bond acceptors (Lipinski definition) is 4. The van der Waals surface area contributed by atoms with E-state index in [1.54, 1.807) is 7.11 Å². The average molecular weight is 240 g/mol. The minimum atomic E-state index is 0.405. The van der Waals surface area contributed by atoms with Crippen LogP contribution in [0.15, 0.2) is 10.5 Å². The lowest BCUT2D eigenvalue weighted by Gasteiger charge is -2.23. The number of likely N-dealkylation sites (N-methyl/N-ethyl adjacent to an activating group) is 1. The zero-order chi connectivity index (χ0) is 12.8. The predicted molar refractivity (Wildman–Crippen MR) is 69.0 cm³/mol. The van der Waals surface area contributed by atoms with E-state index in [1.165, 1.54) is 5.56 Å². The summed E-state index contributed by atoms with van der Waals surface area (Å²) in [5.41, 5.74) is 1.25. The van der Waals surface area contributed by atoms with Crippen LogP contribution in [0, 0.1) is 6.92 Å². The van der Waals surface area contributed by atoms with E-state index in [-0.39, 0.29) is 0 Å². The summed E-state index contributed by atoms with van der Waals surface area (Å²) in [7, 11) is 5.76. The number of methoxy groups -OCH3 is 1. The minimum Gasteiger partial charge on any atom is -0.465 e. The highest BCUT2D eigenvalue weighted by atomic mass is 16.5. The molecule has 98 valence electrons. The number of furan rings is 1. The highest BCUT2D eigenvalue weighted by Gasteiger charge is 2.13. The summed E-state index contributed by atoms with van der Waals surface area (Å²) in [5, 5.41) is 3.09. The fraction of sp³-hybridized carbons (Fsp3) is 0.692. The number of nitrogens with one attached hydrogen (secondary N) is 1. The van der Waals surface area contributed by atoms with Crippen molar-refractivity contribution in [2.75, 3.05) is 27.8 Å². The van der Waals surface area contributed by atoms with Gasteiger partial charge in [0.15, 0.2) is 0 Å². The second kappa shape index (κ2) is 6.79. The summed E-state index contributed by atoms with van der Waals surface area (Å²) < 4.78 is 10.8. The first-order valence-electron chi connectivity index (χ1n) is 6.00. The molecule has 0 aliphatic heterocycles. The molecule has 1 rings (SSSR count). The summed E-state index contributed by atoms with van der Waals surface area (Å²) in [4.78, 5) is 2.27. The molecule has 0 radical (unpaired) electrons. The largest absolute Gasteiger partial charge is 0.465 e. The molecule has 0 spiro atoms. The van der Waals surface area contributed by atoms with Gasteiger partial charge < -0.3 is 14.5 Å². The van der Waals surface area contributed by atoms with E-state index in [0.717, 1.165) is 31.2 Å². The average Bonchev–Trinajstić information content (AvgIpc) is 2.60. The van der Waals surface area contributed by atoms with Gasteiger partial charge in [0.25, 0.3) is 0 Å². The third kappa shape index (κ3) is 4.15. The van der Waals surface area contributed by atoms with Gasteiger partial charge >= 0.3 is 0 Å². The topological polar surface area (TPSA) is 37.6 Å². The van der Waals surface area contributed by atoms with Crippen LogP contribution in [0.1, 0.15) is 24.0 Å². The minimum absolute atomic E-state index is 0.405. The van der Waals surface area contributed by atoms with E-state index in [1.807, 2.05) is 14.0 Å². The molecule has 4 heteroatoms. The van der Waals surface area contributed by atoms with Crippen molar-refractivity contribution in [3.8, 4) is 0 Å². The van der Waals surface area contributed by atoms with Gasteiger partial charge in [0.2, 0.25) is 0 Å². The van der Waals surface area contributed by atoms with E-state index in [4.69, 9.17) is 9.15 Å². The van der Waals surface area contributed by atoms with Crippen LogP contribution in [0.5, 0.6) is 0 Å². The molecule has 0 aromatic carbocycles. The van der Waals surface area contributed by atoms with Crippen molar-refractivity contribution < 1.29 is 9.15 Å². The molecule has 0 aliphatic rings. The molecule has 0 aliphatic carbocycles. The van der Waals surface area contributed by atoms with E-state index < -0.39 is 0 Å². The Morgan fingerprint density at radius 1 is 1.53 bits per heavy atom. The first kappa shape index (κ1) is 14.2. The van der Waals surface area contributed by atoms with Gasteiger partial charge in [0.05, 0.1) is 13.2 Å². The van der Waals surface area contributed by atoms with Crippen LogP contribution in [0.4, 0.5) is 0 Å². The summed E-state index contributed by atoms with van der Waals surface area (Å²) in [5.74, 6) is 2.00. The standard InChI is InChI=1S/C13H24N2O2/c1-10(9-16-5)15(4)8-12-6-13(7-14-3)17-11(12)2/h6,10,14H,7-9H2,1-5H3. The lowest BCUT2D eigenvalue weighted by atomic mass is 10.2. The Kier molecular flexibility index (Phi) is 5.68. The van der Waals surface area contributed by atoms with Crippen LogP contribution in [-0.2, 0) is 17.8 Å². The maximum Gasteiger partial charge on any atom is 0.118 e. The van der Waals surface area contributed by atoms with E-state index in [0.29, 0.717) is 6.04 Å². The van der Waals surface area contributed by atoms with Crippen LogP contribution in [0.3, 0.4) is 0 Å². The molecule has 1 N–H and O–H groups in total. The Morgan fingerprint density at radius 3 is 2.82 bits per heavy atom. The number of nitrogens with zero attached hydrogens (tertiary/aromatic N) is 1. The van der Waals surface area contributed by atoms with Crippen LogP contribution in [0.2, 0.25) is 0 Å². The van der Waals surface area contributed by atoms with Gasteiger partial charge in [-0.05, 0) is 34.0 Å². The summed E-state index contributed by atoms with van der Waals surface area (Å²) in [6.45, 7) is 6.59. The molecule has 0 saturated carbocycles. The fourth-order valence-corrected chi connectivity index (χ4v) is 1.80. The molecular weight excluding hydrogens is 216 g/mol. The molecule has 1 atom stereocenters. The van der Waals surface area contributed by atoms with Gasteiger partial charge in [-0.1, -0.05) is 0 Å². The second-order valence-corrected chi connectivity index (χ2v) is 4.54. The van der Waals surface area contributed by atoms with Crippen molar-refractivity contribution in [1.82, 2.24) is 10.2 Å². The number of hydrogen-bond donors (Lipinski definition) is 1. The number of ether oxygens (including phenoxy) is 1. The van der Waals surface area contributed by atoms with E-state index >= 15 is 0 Å². The zero-order valence-electron chi connectivity index (χ0n) is 11.5. The van der Waals surface area contributed by atoms with Crippen molar-refractivity contribution in [1.29, 1.82) is 0 Å². The van der Waals surface area contributed by atoms with Crippen LogP contribution in [-0.4, -0.2) is 38.8 Å². The van der Waals surface area contributed by atoms with Crippen molar-refractivity contribution in [3.05, 3.63) is 23.2 Å². The highest BCUT2D eigenvalue weighted by molar-refractivity contribution is 5.20. The van der Waals surface area contributed by atoms with Crippen molar-refractivity contribution >= 4 is 0 Å². The van der Waals surface area contributed by atoms with Crippen molar-refractivity contribution in [2.45, 2.75) is 33.0 Å². The predicted octanol–water partition coefficient (Wildman–Crippen LogP) is 1.77. The van der Waals surface area contributed by atoms with Gasteiger partial charge in [-0.15, -0.1) is 0 Å². The summed E-state index contributed by atoms with van der Waals surface area (Å²) in [6.07, 6.45) is 0. The second-order valence-electron chi connectivity index (χ2n) is 4.54. The number of aryl methyl sites for hydroxylation is 1. The van der Waals surface area contributed by atoms with Gasteiger partial charge in [0, 0.05) is 25.3 Å². The lowest BCUT2D eigenvalue weighted by Crippen LogP contribution is -2.32. The molecule has 0 saturated heterocycles. The molecule has 1 unspecified atom stereocenters. The molecule has 0 bridgehead atoms. The first-order valence-corrected chi connectivity index (χ1v) is 6.00. The van der Waals surface area contributed by atoms with Gasteiger partial charge in [-0.2, -0.15) is 0 Å². The Bertz CT molecular complexity index is 336. The maximum atomic E-state index is 5.68. The van der Waals surface area contributed by atoms with Gasteiger partial charge in [-0.3, -0.25) is 4.90 Å². The van der Waals surface area contributed by atoms with Crippen molar-refractivity contribution in [3.63, 3.8) is 0 Å². The zero-order valence-corrected chi connectivity index (χ0v) is 11.5. The molecule has 1 aromatic heterocycles. The van der Waals surface area contributed by atoms with Crippen LogP contribution >= 0.6 is 0 Å². The molecular formula is C13H24N2O2. The Morgan fingerprint density at radius 2 is 2.24 bits per heavy atom.